The zero-order chi connectivity index (χ0) is 17.6. The highest BCUT2D eigenvalue weighted by molar-refractivity contribution is 7.18. The molecule has 0 spiro atoms. The highest BCUT2D eigenvalue weighted by Crippen LogP contribution is 2.26. The third-order valence-electron chi connectivity index (χ3n) is 4.25. The van der Waals surface area contributed by atoms with Crippen LogP contribution < -0.4 is 5.32 Å². The van der Waals surface area contributed by atoms with Gasteiger partial charge in [-0.05, 0) is 19.8 Å². The number of carbonyl (C=O) groups is 2. The van der Waals surface area contributed by atoms with Crippen LogP contribution in [0.25, 0.3) is 10.6 Å². The van der Waals surface area contributed by atoms with E-state index in [0.29, 0.717) is 18.1 Å². The summed E-state index contributed by atoms with van der Waals surface area (Å²) >= 11 is 1.35. The molecule has 2 amide bonds. The van der Waals surface area contributed by atoms with Crippen LogP contribution >= 0.6 is 11.3 Å². The van der Waals surface area contributed by atoms with Crippen LogP contribution in [0.2, 0.25) is 0 Å². The normalized spacial score (nSPS) is 15.1. The number of carbonyl (C=O) groups excluding carboxylic acids is 2. The Bertz CT molecular complexity index is 742. The van der Waals surface area contributed by atoms with Crippen LogP contribution in [0.1, 0.15) is 37.7 Å². The first-order valence-electron chi connectivity index (χ1n) is 8.60. The van der Waals surface area contributed by atoms with Gasteiger partial charge >= 0.3 is 0 Å². The second-order valence-corrected chi connectivity index (χ2v) is 7.25. The quantitative estimate of drug-likeness (QED) is 0.890. The fourth-order valence-electron chi connectivity index (χ4n) is 2.78. The highest BCUT2D eigenvalue weighted by Gasteiger charge is 2.18. The molecule has 132 valence electrons. The number of benzene rings is 1. The zero-order valence-corrected chi connectivity index (χ0v) is 15.1. The SMILES string of the molecule is Cc1ccc(-c2nnc(NC(=O)CCN3CCCCCC3=O)s2)cc1. The van der Waals surface area contributed by atoms with Crippen molar-refractivity contribution in [3.8, 4) is 10.6 Å². The monoisotopic (exact) mass is 358 g/mol. The van der Waals surface area contributed by atoms with E-state index in [4.69, 9.17) is 0 Å². The van der Waals surface area contributed by atoms with Crippen LogP contribution in [0.4, 0.5) is 5.13 Å². The predicted molar refractivity (Wildman–Crippen MR) is 98.4 cm³/mol. The molecule has 1 aliphatic heterocycles. The molecule has 1 fully saturated rings. The smallest absolute Gasteiger partial charge is 0.227 e. The summed E-state index contributed by atoms with van der Waals surface area (Å²) < 4.78 is 0. The molecule has 0 atom stereocenters. The van der Waals surface area contributed by atoms with Gasteiger partial charge in [0.1, 0.15) is 5.01 Å². The molecule has 1 aliphatic rings. The molecule has 1 N–H and O–H groups in total. The summed E-state index contributed by atoms with van der Waals surface area (Å²) in [7, 11) is 0. The van der Waals surface area contributed by atoms with Crippen molar-refractivity contribution >= 4 is 28.3 Å². The third-order valence-corrected chi connectivity index (χ3v) is 5.14. The molecule has 0 saturated carbocycles. The minimum absolute atomic E-state index is 0.136. The number of nitrogens with zero attached hydrogens (tertiary/aromatic N) is 3. The number of amides is 2. The number of hydrogen-bond acceptors (Lipinski definition) is 5. The molecule has 3 rings (SSSR count). The van der Waals surface area contributed by atoms with E-state index in [9.17, 15) is 9.59 Å². The lowest BCUT2D eigenvalue weighted by Crippen LogP contribution is -2.33. The Labute approximate surface area is 151 Å². The average molecular weight is 358 g/mol. The van der Waals surface area contributed by atoms with E-state index in [-0.39, 0.29) is 18.2 Å². The Balaban J connectivity index is 1.53. The Morgan fingerprint density at radius 1 is 1.20 bits per heavy atom. The molecule has 25 heavy (non-hydrogen) atoms. The molecule has 1 aromatic heterocycles. The molecule has 7 heteroatoms. The molecular formula is C18H22N4O2S. The van der Waals surface area contributed by atoms with Crippen LogP contribution in [0.15, 0.2) is 24.3 Å². The maximum Gasteiger partial charge on any atom is 0.227 e. The van der Waals surface area contributed by atoms with Crippen LogP contribution in [0, 0.1) is 6.92 Å². The molecule has 0 bridgehead atoms. The number of anilines is 1. The topological polar surface area (TPSA) is 75.2 Å². The number of aryl methyl sites for hydroxylation is 1. The summed E-state index contributed by atoms with van der Waals surface area (Å²) in [6.07, 6.45) is 3.93. The second-order valence-electron chi connectivity index (χ2n) is 6.27. The van der Waals surface area contributed by atoms with E-state index in [1.165, 1.54) is 16.9 Å². The van der Waals surface area contributed by atoms with E-state index < -0.39 is 0 Å². The first-order valence-corrected chi connectivity index (χ1v) is 9.41. The van der Waals surface area contributed by atoms with E-state index in [1.54, 1.807) is 4.90 Å². The minimum Gasteiger partial charge on any atom is -0.342 e. The van der Waals surface area contributed by atoms with Crippen molar-refractivity contribution in [1.29, 1.82) is 0 Å². The Morgan fingerprint density at radius 3 is 2.80 bits per heavy atom. The minimum atomic E-state index is -0.136. The van der Waals surface area contributed by atoms with E-state index in [1.807, 2.05) is 31.2 Å². The highest BCUT2D eigenvalue weighted by atomic mass is 32.1. The average Bonchev–Trinajstić information content (AvgIpc) is 2.96. The van der Waals surface area contributed by atoms with Gasteiger partial charge in [-0.15, -0.1) is 10.2 Å². The Morgan fingerprint density at radius 2 is 2.00 bits per heavy atom. The van der Waals surface area contributed by atoms with Crippen LogP contribution in [0.3, 0.4) is 0 Å². The van der Waals surface area contributed by atoms with Crippen LogP contribution in [-0.2, 0) is 9.59 Å². The largest absolute Gasteiger partial charge is 0.342 e. The van der Waals surface area contributed by atoms with Crippen molar-refractivity contribution in [1.82, 2.24) is 15.1 Å². The number of aromatic nitrogens is 2. The third kappa shape index (κ3) is 4.85. The number of likely N-dealkylation sites (tertiary alicyclic amines) is 1. The summed E-state index contributed by atoms with van der Waals surface area (Å²) in [4.78, 5) is 25.9. The van der Waals surface area contributed by atoms with Crippen molar-refractivity contribution in [3.05, 3.63) is 29.8 Å². The molecule has 2 heterocycles. The van der Waals surface area contributed by atoms with E-state index >= 15 is 0 Å². The molecule has 0 unspecified atom stereocenters. The summed E-state index contributed by atoms with van der Waals surface area (Å²) in [5.41, 5.74) is 2.17. The fraction of sp³-hybridized carbons (Fsp3) is 0.444. The van der Waals surface area contributed by atoms with Gasteiger partial charge in [0, 0.05) is 31.5 Å². The van der Waals surface area contributed by atoms with Gasteiger partial charge in [0.15, 0.2) is 0 Å². The van der Waals surface area contributed by atoms with Gasteiger partial charge in [-0.3, -0.25) is 9.59 Å². The zero-order valence-electron chi connectivity index (χ0n) is 14.3. The lowest BCUT2D eigenvalue weighted by molar-refractivity contribution is -0.131. The van der Waals surface area contributed by atoms with Gasteiger partial charge in [0.25, 0.3) is 0 Å². The van der Waals surface area contributed by atoms with Gasteiger partial charge < -0.3 is 10.2 Å². The van der Waals surface area contributed by atoms with Crippen LogP contribution in [-0.4, -0.2) is 40.0 Å². The Kier molecular flexibility index (Phi) is 5.75. The summed E-state index contributed by atoms with van der Waals surface area (Å²) in [5, 5.41) is 12.2. The standard InChI is InChI=1S/C18H22N4O2S/c1-13-6-8-14(9-7-13)17-20-21-18(25-17)19-15(23)10-12-22-11-4-2-3-5-16(22)24/h6-9H,2-5,10-12H2,1H3,(H,19,21,23). The predicted octanol–water partition coefficient (Wildman–Crippen LogP) is 3.24. The first-order chi connectivity index (χ1) is 12.1. The summed E-state index contributed by atoms with van der Waals surface area (Å²) in [6.45, 7) is 3.25. The lowest BCUT2D eigenvalue weighted by atomic mass is 10.2. The molecule has 1 saturated heterocycles. The second kappa shape index (κ2) is 8.20. The molecule has 1 aromatic carbocycles. The number of hydrogen-bond donors (Lipinski definition) is 1. The summed E-state index contributed by atoms with van der Waals surface area (Å²) in [6, 6.07) is 8.03. The summed E-state index contributed by atoms with van der Waals surface area (Å²) in [5.74, 6) is 0.0199. The van der Waals surface area contributed by atoms with Crippen molar-refractivity contribution in [2.45, 2.75) is 39.0 Å². The van der Waals surface area contributed by atoms with Crippen molar-refractivity contribution in [2.24, 2.45) is 0 Å². The van der Waals surface area contributed by atoms with Gasteiger partial charge in [-0.2, -0.15) is 0 Å². The van der Waals surface area contributed by atoms with Gasteiger partial charge in [0.05, 0.1) is 0 Å². The van der Waals surface area contributed by atoms with Gasteiger partial charge in [-0.1, -0.05) is 47.6 Å². The van der Waals surface area contributed by atoms with E-state index in [2.05, 4.69) is 15.5 Å². The first kappa shape index (κ1) is 17.5. The van der Waals surface area contributed by atoms with Crippen molar-refractivity contribution < 1.29 is 9.59 Å². The van der Waals surface area contributed by atoms with Crippen molar-refractivity contribution in [3.63, 3.8) is 0 Å². The molecule has 0 aliphatic carbocycles. The molecular weight excluding hydrogens is 336 g/mol. The molecule has 2 aromatic rings. The number of rotatable bonds is 5. The number of nitrogens with one attached hydrogen (secondary N) is 1. The molecule has 0 radical (unpaired) electrons. The maximum absolute atomic E-state index is 12.1. The van der Waals surface area contributed by atoms with Crippen LogP contribution in [0.5, 0.6) is 0 Å². The van der Waals surface area contributed by atoms with Gasteiger partial charge in [0.2, 0.25) is 16.9 Å². The Hall–Kier alpha value is -2.28. The van der Waals surface area contributed by atoms with Gasteiger partial charge in [-0.25, -0.2) is 0 Å². The fourth-order valence-corrected chi connectivity index (χ4v) is 3.55. The van der Waals surface area contributed by atoms with E-state index in [0.717, 1.165) is 36.4 Å². The maximum atomic E-state index is 12.1. The van der Waals surface area contributed by atoms with Crippen molar-refractivity contribution in [2.75, 3.05) is 18.4 Å². The lowest BCUT2D eigenvalue weighted by Gasteiger charge is -2.19. The molecule has 6 nitrogen and oxygen atoms in total.